The Morgan fingerprint density at radius 3 is 2.73 bits per heavy atom. The van der Waals surface area contributed by atoms with Crippen LogP contribution in [0.2, 0.25) is 19.6 Å². The Balaban J connectivity index is 2.37. The molecule has 0 fully saturated rings. The monoisotopic (exact) mass is 222 g/mol. The van der Waals surface area contributed by atoms with Crippen molar-refractivity contribution in [2.45, 2.75) is 38.9 Å². The lowest BCUT2D eigenvalue weighted by molar-refractivity contribution is -0.115. The van der Waals surface area contributed by atoms with Gasteiger partial charge in [0.2, 0.25) is 0 Å². The van der Waals surface area contributed by atoms with E-state index in [1.807, 2.05) is 0 Å². The number of hydrogen-bond donors (Lipinski definition) is 0. The van der Waals surface area contributed by atoms with Crippen LogP contribution in [-0.4, -0.2) is 20.5 Å². The third kappa shape index (κ3) is 5.43. The summed E-state index contributed by atoms with van der Waals surface area (Å²) >= 11 is 0. The minimum absolute atomic E-state index is 0.175. The topological polar surface area (TPSA) is 26.3 Å². The summed E-state index contributed by atoms with van der Waals surface area (Å²) in [6.07, 6.45) is 4.06. The molecule has 0 heterocycles. The molecule has 0 N–H and O–H groups in total. The second kappa shape index (κ2) is 5.18. The maximum atomic E-state index is 11.1. The zero-order chi connectivity index (χ0) is 11.3. The highest BCUT2D eigenvalue weighted by Gasteiger charge is 2.10. The number of hydrogen-bond acceptors (Lipinski definition) is 2. The Labute approximate surface area is 92.7 Å². The van der Waals surface area contributed by atoms with Crippen LogP contribution in [0, 0.1) is 11.5 Å². The van der Waals surface area contributed by atoms with E-state index in [1.54, 1.807) is 6.08 Å². The third-order valence-corrected chi connectivity index (χ3v) is 2.89. The van der Waals surface area contributed by atoms with Gasteiger partial charge in [0.15, 0.2) is 5.78 Å². The van der Waals surface area contributed by atoms with Crippen LogP contribution < -0.4 is 0 Å². The molecule has 0 aromatic heterocycles. The average Bonchev–Trinajstić information content (AvgIpc) is 2.11. The van der Waals surface area contributed by atoms with E-state index in [0.29, 0.717) is 13.0 Å². The molecule has 3 heteroatoms. The predicted octanol–water partition coefficient (Wildman–Crippen LogP) is 2.52. The standard InChI is InChI=1S/C12H18O2Si/c1-15(2,3)9-5-8-14-12-7-4-6-11(13)10-12/h10H,4,6-8H2,1-3H3. The molecule has 0 atom stereocenters. The van der Waals surface area contributed by atoms with Gasteiger partial charge in [0.05, 0.1) is 0 Å². The van der Waals surface area contributed by atoms with Gasteiger partial charge in [-0.15, -0.1) is 5.54 Å². The lowest BCUT2D eigenvalue weighted by Crippen LogP contribution is -2.16. The number of allylic oxidation sites excluding steroid dienone is 2. The fraction of sp³-hybridized carbons (Fsp3) is 0.583. The first-order valence-corrected chi connectivity index (χ1v) is 8.83. The zero-order valence-electron chi connectivity index (χ0n) is 9.72. The highest BCUT2D eigenvalue weighted by molar-refractivity contribution is 6.83. The zero-order valence-corrected chi connectivity index (χ0v) is 10.7. The van der Waals surface area contributed by atoms with Gasteiger partial charge in [-0.05, 0) is 6.42 Å². The lowest BCUT2D eigenvalue weighted by Gasteiger charge is -2.11. The molecule has 0 saturated heterocycles. The van der Waals surface area contributed by atoms with Gasteiger partial charge in [0, 0.05) is 18.9 Å². The molecule has 0 saturated carbocycles. The second-order valence-corrected chi connectivity index (χ2v) is 9.52. The third-order valence-electron chi connectivity index (χ3n) is 1.96. The summed E-state index contributed by atoms with van der Waals surface area (Å²) in [7, 11) is -1.28. The maximum absolute atomic E-state index is 11.1. The van der Waals surface area contributed by atoms with Crippen LogP contribution in [0.1, 0.15) is 19.3 Å². The molecule has 1 aliphatic rings. The van der Waals surface area contributed by atoms with Gasteiger partial charge in [-0.1, -0.05) is 25.6 Å². The van der Waals surface area contributed by atoms with Crippen molar-refractivity contribution in [3.8, 4) is 11.5 Å². The van der Waals surface area contributed by atoms with Crippen LogP contribution in [-0.2, 0) is 9.53 Å². The van der Waals surface area contributed by atoms with Crippen LogP contribution in [0.3, 0.4) is 0 Å². The van der Waals surface area contributed by atoms with Gasteiger partial charge in [-0.25, -0.2) is 0 Å². The first-order valence-electron chi connectivity index (χ1n) is 5.33. The quantitative estimate of drug-likeness (QED) is 0.530. The van der Waals surface area contributed by atoms with Crippen molar-refractivity contribution >= 4 is 13.9 Å². The molecule has 0 spiro atoms. The van der Waals surface area contributed by atoms with Gasteiger partial charge in [0.25, 0.3) is 0 Å². The number of carbonyl (C=O) groups is 1. The molecule has 0 unspecified atom stereocenters. The van der Waals surface area contributed by atoms with Gasteiger partial charge in [0.1, 0.15) is 20.4 Å². The Morgan fingerprint density at radius 2 is 2.13 bits per heavy atom. The molecule has 2 nitrogen and oxygen atoms in total. The predicted molar refractivity (Wildman–Crippen MR) is 64.0 cm³/mol. The summed E-state index contributed by atoms with van der Waals surface area (Å²) < 4.78 is 5.44. The van der Waals surface area contributed by atoms with Crippen LogP contribution >= 0.6 is 0 Å². The first-order chi connectivity index (χ1) is 6.97. The van der Waals surface area contributed by atoms with E-state index in [4.69, 9.17) is 4.74 Å². The Bertz CT molecular complexity index is 326. The number of ketones is 1. The van der Waals surface area contributed by atoms with Crippen molar-refractivity contribution in [3.63, 3.8) is 0 Å². The Hall–Kier alpha value is -1.01. The largest absolute Gasteiger partial charge is 0.485 e. The average molecular weight is 222 g/mol. The highest BCUT2D eigenvalue weighted by Crippen LogP contribution is 2.15. The minimum Gasteiger partial charge on any atom is -0.485 e. The van der Waals surface area contributed by atoms with E-state index in [-0.39, 0.29) is 5.78 Å². The Morgan fingerprint density at radius 1 is 1.40 bits per heavy atom. The molecule has 0 aromatic rings. The summed E-state index contributed by atoms with van der Waals surface area (Å²) in [5.41, 5.74) is 3.22. The number of ether oxygens (including phenoxy) is 1. The van der Waals surface area contributed by atoms with Gasteiger partial charge >= 0.3 is 0 Å². The van der Waals surface area contributed by atoms with Crippen molar-refractivity contribution < 1.29 is 9.53 Å². The van der Waals surface area contributed by atoms with E-state index in [9.17, 15) is 4.79 Å². The number of rotatable bonds is 2. The molecule has 0 aliphatic heterocycles. The van der Waals surface area contributed by atoms with E-state index in [2.05, 4.69) is 31.1 Å². The van der Waals surface area contributed by atoms with Crippen molar-refractivity contribution in [2.75, 3.05) is 6.61 Å². The molecule has 0 aromatic carbocycles. The van der Waals surface area contributed by atoms with Crippen LogP contribution in [0.25, 0.3) is 0 Å². The van der Waals surface area contributed by atoms with Crippen molar-refractivity contribution in [1.29, 1.82) is 0 Å². The normalized spacial score (nSPS) is 16.5. The van der Waals surface area contributed by atoms with E-state index in [0.717, 1.165) is 18.6 Å². The van der Waals surface area contributed by atoms with Crippen molar-refractivity contribution in [1.82, 2.24) is 0 Å². The van der Waals surface area contributed by atoms with Crippen LogP contribution in [0.4, 0.5) is 0 Å². The first kappa shape index (κ1) is 12.1. The second-order valence-electron chi connectivity index (χ2n) is 4.77. The van der Waals surface area contributed by atoms with E-state index in [1.165, 1.54) is 0 Å². The van der Waals surface area contributed by atoms with Gasteiger partial charge in [-0.3, -0.25) is 4.79 Å². The van der Waals surface area contributed by atoms with Crippen molar-refractivity contribution in [3.05, 3.63) is 11.8 Å². The molecule has 0 amide bonds. The van der Waals surface area contributed by atoms with Gasteiger partial charge in [-0.2, -0.15) is 0 Å². The lowest BCUT2D eigenvalue weighted by atomic mass is 10.1. The number of carbonyl (C=O) groups excluding carboxylic acids is 1. The van der Waals surface area contributed by atoms with E-state index >= 15 is 0 Å². The van der Waals surface area contributed by atoms with Crippen LogP contribution in [0.5, 0.6) is 0 Å². The van der Waals surface area contributed by atoms with Crippen LogP contribution in [0.15, 0.2) is 11.8 Å². The molecule has 0 radical (unpaired) electrons. The molecule has 1 aliphatic carbocycles. The summed E-state index contributed by atoms with van der Waals surface area (Å²) in [6, 6.07) is 0. The smallest absolute Gasteiger partial charge is 0.159 e. The molecule has 1 rings (SSSR count). The SMILES string of the molecule is C[Si](C)(C)C#CCOC1=CC(=O)CCC1. The summed E-state index contributed by atoms with van der Waals surface area (Å²) in [5.74, 6) is 4.00. The molecule has 15 heavy (non-hydrogen) atoms. The maximum Gasteiger partial charge on any atom is 0.159 e. The van der Waals surface area contributed by atoms with Crippen molar-refractivity contribution in [2.24, 2.45) is 0 Å². The molecule has 0 bridgehead atoms. The van der Waals surface area contributed by atoms with E-state index < -0.39 is 8.07 Å². The highest BCUT2D eigenvalue weighted by atomic mass is 28.3. The summed E-state index contributed by atoms with van der Waals surface area (Å²) in [4.78, 5) is 11.1. The summed E-state index contributed by atoms with van der Waals surface area (Å²) in [6.45, 7) is 7.01. The molecule has 82 valence electrons. The fourth-order valence-electron chi connectivity index (χ4n) is 1.30. The molecular weight excluding hydrogens is 204 g/mol. The van der Waals surface area contributed by atoms with Gasteiger partial charge < -0.3 is 4.74 Å². The fourth-order valence-corrected chi connectivity index (χ4v) is 1.91. The molecular formula is C12H18O2Si. The minimum atomic E-state index is -1.28. The summed E-state index contributed by atoms with van der Waals surface area (Å²) in [5, 5.41) is 0. The Kier molecular flexibility index (Phi) is 4.16.